The average Bonchev–Trinajstić information content (AvgIpc) is 2.47. The first-order chi connectivity index (χ1) is 11.9. The molecule has 0 N–H and O–H groups in total. The second kappa shape index (κ2) is 7.87. The molecule has 0 saturated heterocycles. The van der Waals surface area contributed by atoms with E-state index < -0.39 is 5.60 Å². The normalized spacial score (nSPS) is 34.2. The van der Waals surface area contributed by atoms with Crippen LogP contribution in [0.2, 0.25) is 0 Å². The number of hydrogen-bond donors (Lipinski definition) is 0. The van der Waals surface area contributed by atoms with Crippen LogP contribution in [-0.2, 0) is 23.8 Å². The minimum absolute atomic E-state index is 0.0109. The van der Waals surface area contributed by atoms with E-state index in [1.54, 1.807) is 0 Å². The summed E-state index contributed by atoms with van der Waals surface area (Å²) in [6.45, 7) is 12.2. The highest BCUT2D eigenvalue weighted by atomic mass is 16.6. The Morgan fingerprint density at radius 1 is 1.04 bits per heavy atom. The molecule has 2 atom stereocenters. The maximum Gasteiger partial charge on any atom is 0.332 e. The number of hydrogen-bond acceptors (Lipinski definition) is 5. The Kier molecular flexibility index (Phi) is 6.42. The van der Waals surface area contributed by atoms with Crippen LogP contribution in [0.1, 0.15) is 80.1 Å². The molecule has 0 aromatic rings. The van der Waals surface area contributed by atoms with Gasteiger partial charge in [0.2, 0.25) is 0 Å². The molecule has 2 unspecified atom stereocenters. The SMILES string of the molecule is CCCOC(=O)C1(C)CC2CC(CC(C)(OCC(=O)OC(C)(C)C)C2)C1. The third-order valence-corrected chi connectivity index (χ3v) is 5.47. The van der Waals surface area contributed by atoms with Gasteiger partial charge in [-0.3, -0.25) is 4.79 Å². The molecule has 2 aliphatic rings. The van der Waals surface area contributed by atoms with E-state index in [1.807, 2.05) is 34.6 Å². The number of ether oxygens (including phenoxy) is 3. The molecule has 0 amide bonds. The van der Waals surface area contributed by atoms with Gasteiger partial charge in [-0.25, -0.2) is 4.79 Å². The van der Waals surface area contributed by atoms with Crippen molar-refractivity contribution < 1.29 is 23.8 Å². The molecule has 0 spiro atoms. The Morgan fingerprint density at radius 3 is 2.12 bits per heavy atom. The van der Waals surface area contributed by atoms with Gasteiger partial charge in [-0.2, -0.15) is 0 Å². The molecular formula is C21H36O5. The van der Waals surface area contributed by atoms with Gasteiger partial charge in [0, 0.05) is 0 Å². The molecule has 2 bridgehead atoms. The van der Waals surface area contributed by atoms with Crippen LogP contribution in [0.25, 0.3) is 0 Å². The zero-order chi connectivity index (χ0) is 19.6. The van der Waals surface area contributed by atoms with Crippen molar-refractivity contribution in [2.45, 2.75) is 91.3 Å². The molecule has 2 rings (SSSR count). The Bertz CT molecular complexity index is 505. The Hall–Kier alpha value is -1.10. The zero-order valence-corrected chi connectivity index (χ0v) is 17.4. The average molecular weight is 369 g/mol. The number of carbonyl (C=O) groups is 2. The Balaban J connectivity index is 1.92. The molecule has 0 heterocycles. The predicted molar refractivity (Wildman–Crippen MR) is 99.6 cm³/mol. The Morgan fingerprint density at radius 2 is 1.62 bits per heavy atom. The van der Waals surface area contributed by atoms with E-state index >= 15 is 0 Å². The lowest BCUT2D eigenvalue weighted by atomic mass is 9.58. The number of fused-ring (bicyclic) bond motifs is 2. The largest absolute Gasteiger partial charge is 0.465 e. The molecule has 5 heteroatoms. The molecular weight excluding hydrogens is 332 g/mol. The van der Waals surface area contributed by atoms with Crippen LogP contribution in [0.5, 0.6) is 0 Å². The summed E-state index contributed by atoms with van der Waals surface area (Å²) >= 11 is 0. The fourth-order valence-corrected chi connectivity index (χ4v) is 4.87. The lowest BCUT2D eigenvalue weighted by molar-refractivity contribution is -0.176. The maximum atomic E-state index is 12.5. The molecule has 150 valence electrons. The smallest absolute Gasteiger partial charge is 0.332 e. The van der Waals surface area contributed by atoms with Crippen molar-refractivity contribution in [3.8, 4) is 0 Å². The summed E-state index contributed by atoms with van der Waals surface area (Å²) in [5.41, 5.74) is -1.19. The van der Waals surface area contributed by atoms with E-state index in [2.05, 4.69) is 6.92 Å². The van der Waals surface area contributed by atoms with Crippen LogP contribution in [0.4, 0.5) is 0 Å². The highest BCUT2D eigenvalue weighted by Crippen LogP contribution is 2.52. The van der Waals surface area contributed by atoms with Crippen molar-refractivity contribution in [2.24, 2.45) is 17.3 Å². The number of rotatable bonds is 6. The summed E-state index contributed by atoms with van der Waals surface area (Å²) in [6, 6.07) is 0. The maximum absolute atomic E-state index is 12.5. The van der Waals surface area contributed by atoms with E-state index in [0.717, 1.165) is 38.5 Å². The predicted octanol–water partition coefficient (Wildman–Crippen LogP) is 4.27. The lowest BCUT2D eigenvalue weighted by Gasteiger charge is -2.50. The Labute approximate surface area is 158 Å². The highest BCUT2D eigenvalue weighted by molar-refractivity contribution is 5.76. The monoisotopic (exact) mass is 368 g/mol. The molecule has 0 aromatic heterocycles. The summed E-state index contributed by atoms with van der Waals surface area (Å²) in [7, 11) is 0. The first-order valence-corrected chi connectivity index (χ1v) is 9.98. The molecule has 0 aliphatic heterocycles. The van der Waals surface area contributed by atoms with Crippen LogP contribution in [0, 0.1) is 17.3 Å². The number of esters is 2. The third-order valence-electron chi connectivity index (χ3n) is 5.47. The summed E-state index contributed by atoms with van der Waals surface area (Å²) < 4.78 is 16.8. The van der Waals surface area contributed by atoms with Crippen molar-refractivity contribution in [1.82, 2.24) is 0 Å². The van der Waals surface area contributed by atoms with E-state index in [4.69, 9.17) is 14.2 Å². The minimum atomic E-state index is -0.495. The van der Waals surface area contributed by atoms with Gasteiger partial charge in [-0.05, 0) is 85.0 Å². The van der Waals surface area contributed by atoms with Crippen LogP contribution < -0.4 is 0 Å². The van der Waals surface area contributed by atoms with Crippen molar-refractivity contribution in [2.75, 3.05) is 13.2 Å². The van der Waals surface area contributed by atoms with Gasteiger partial charge in [0.05, 0.1) is 17.6 Å². The second-order valence-electron chi connectivity index (χ2n) is 9.81. The molecule has 0 aromatic carbocycles. The summed E-state index contributed by atoms with van der Waals surface area (Å²) in [5.74, 6) is 0.505. The van der Waals surface area contributed by atoms with Crippen molar-refractivity contribution in [3.05, 3.63) is 0 Å². The highest BCUT2D eigenvalue weighted by Gasteiger charge is 2.50. The first-order valence-electron chi connectivity index (χ1n) is 9.98. The first kappa shape index (κ1) is 21.2. The van der Waals surface area contributed by atoms with Gasteiger partial charge >= 0.3 is 11.9 Å². The van der Waals surface area contributed by atoms with Gasteiger partial charge in [-0.1, -0.05) is 6.92 Å². The molecule has 2 aliphatic carbocycles. The molecule has 5 nitrogen and oxygen atoms in total. The van der Waals surface area contributed by atoms with Crippen molar-refractivity contribution in [1.29, 1.82) is 0 Å². The molecule has 2 fully saturated rings. The summed E-state index contributed by atoms with van der Waals surface area (Å²) in [5, 5.41) is 0. The van der Waals surface area contributed by atoms with Crippen molar-refractivity contribution in [3.63, 3.8) is 0 Å². The molecule has 0 radical (unpaired) electrons. The molecule has 2 saturated carbocycles. The quantitative estimate of drug-likeness (QED) is 0.655. The lowest BCUT2D eigenvalue weighted by Crippen LogP contribution is -2.48. The second-order valence-corrected chi connectivity index (χ2v) is 9.81. The van der Waals surface area contributed by atoms with Gasteiger partial charge in [0.25, 0.3) is 0 Å². The van der Waals surface area contributed by atoms with Crippen LogP contribution in [0.3, 0.4) is 0 Å². The van der Waals surface area contributed by atoms with Crippen molar-refractivity contribution >= 4 is 11.9 Å². The van der Waals surface area contributed by atoms with E-state index in [9.17, 15) is 9.59 Å². The summed E-state index contributed by atoms with van der Waals surface area (Å²) in [6.07, 6.45) is 5.44. The minimum Gasteiger partial charge on any atom is -0.465 e. The topological polar surface area (TPSA) is 61.8 Å². The van der Waals surface area contributed by atoms with Gasteiger partial charge < -0.3 is 14.2 Å². The fourth-order valence-electron chi connectivity index (χ4n) is 4.87. The van der Waals surface area contributed by atoms with Crippen LogP contribution in [0.15, 0.2) is 0 Å². The number of carbonyl (C=O) groups excluding carboxylic acids is 2. The van der Waals surface area contributed by atoms with E-state index in [1.165, 1.54) is 0 Å². The zero-order valence-electron chi connectivity index (χ0n) is 17.4. The van der Waals surface area contributed by atoms with Crippen LogP contribution in [-0.4, -0.2) is 36.4 Å². The van der Waals surface area contributed by atoms with E-state index in [0.29, 0.717) is 18.4 Å². The third kappa shape index (κ3) is 5.70. The molecule has 26 heavy (non-hydrogen) atoms. The standard InChI is InChI=1S/C21H36O5/c1-7-8-24-18(23)20(5)10-15-9-16(11-20)13-21(6,12-15)25-14-17(22)26-19(2,3)4/h15-16H,7-14H2,1-6H3. The van der Waals surface area contributed by atoms with Gasteiger partial charge in [0.15, 0.2) is 0 Å². The fraction of sp³-hybridized carbons (Fsp3) is 0.905. The van der Waals surface area contributed by atoms with Gasteiger partial charge in [-0.15, -0.1) is 0 Å². The van der Waals surface area contributed by atoms with Crippen LogP contribution >= 0.6 is 0 Å². The summed E-state index contributed by atoms with van der Waals surface area (Å²) in [4.78, 5) is 24.5. The van der Waals surface area contributed by atoms with Gasteiger partial charge in [0.1, 0.15) is 12.2 Å². The van der Waals surface area contributed by atoms with E-state index in [-0.39, 0.29) is 29.6 Å².